The van der Waals surface area contributed by atoms with Gasteiger partial charge in [-0.05, 0) is 76.9 Å². The summed E-state index contributed by atoms with van der Waals surface area (Å²) in [6, 6.07) is 61.0. The quantitative estimate of drug-likeness (QED) is 0.0906. The molecule has 1 aliphatic rings. The van der Waals surface area contributed by atoms with E-state index in [0.717, 1.165) is 87.8 Å². The molecule has 1 unspecified atom stereocenters. The largest absolute Gasteiger partial charge is 0.494 e. The number of pyridine rings is 1. The van der Waals surface area contributed by atoms with Gasteiger partial charge in [0.05, 0.1) is 22.2 Å². The normalized spacial score (nSPS) is 16.2. The zero-order valence-electron chi connectivity index (χ0n) is 34.5. The van der Waals surface area contributed by atoms with Crippen molar-refractivity contribution in [2.24, 2.45) is 0 Å². The Morgan fingerprint density at radius 2 is 1.08 bits per heavy atom. The van der Waals surface area contributed by atoms with Crippen LogP contribution in [0.5, 0.6) is 0 Å². The van der Waals surface area contributed by atoms with Crippen molar-refractivity contribution in [2.75, 3.05) is 0 Å². The minimum absolute atomic E-state index is 0.137. The molecule has 2 aromatic heterocycles. The van der Waals surface area contributed by atoms with Gasteiger partial charge in [-0.1, -0.05) is 170 Å². The van der Waals surface area contributed by atoms with Crippen LogP contribution in [0.2, 0.25) is 5.28 Å². The molecular weight excluding hydrogens is 783 g/mol. The minimum atomic E-state index is -0.684. The smallest absolute Gasteiger partial charge is 0.399 e. The summed E-state index contributed by atoms with van der Waals surface area (Å²) in [5.41, 5.74) is 8.72. The summed E-state index contributed by atoms with van der Waals surface area (Å²) in [7, 11) is -0.589. The fourth-order valence-corrected chi connectivity index (χ4v) is 9.27. The third kappa shape index (κ3) is 6.61. The van der Waals surface area contributed by atoms with E-state index < -0.39 is 18.3 Å². The molecule has 0 radical (unpaired) electrons. The molecule has 3 heterocycles. The van der Waals surface area contributed by atoms with Crippen LogP contribution in [-0.4, -0.2) is 38.3 Å². The second kappa shape index (κ2) is 15.0. The molecular formula is C54H40BClN4O2. The van der Waals surface area contributed by atoms with E-state index in [4.69, 9.17) is 30.9 Å². The zero-order chi connectivity index (χ0) is 42.0. The van der Waals surface area contributed by atoms with Crippen molar-refractivity contribution in [3.63, 3.8) is 0 Å². The highest BCUT2D eigenvalue weighted by atomic mass is 35.5. The zero-order valence-corrected chi connectivity index (χ0v) is 35.3. The number of nitrogens with zero attached hydrogens (tertiary/aromatic N) is 4. The van der Waals surface area contributed by atoms with Crippen LogP contribution in [0.3, 0.4) is 0 Å². The third-order valence-corrected chi connectivity index (χ3v) is 12.8. The number of hydrogen-bond donors (Lipinski definition) is 0. The van der Waals surface area contributed by atoms with E-state index >= 15 is 0 Å². The van der Waals surface area contributed by atoms with E-state index in [1.807, 2.05) is 48.5 Å². The highest BCUT2D eigenvalue weighted by molar-refractivity contribution is 6.62. The molecule has 8 aromatic carbocycles. The Balaban J connectivity index is 0.933. The summed E-state index contributed by atoms with van der Waals surface area (Å²) >= 11 is 6.61. The Labute approximate surface area is 365 Å². The maximum Gasteiger partial charge on any atom is 0.494 e. The molecule has 0 amide bonds. The first kappa shape index (κ1) is 38.2. The van der Waals surface area contributed by atoms with E-state index in [-0.39, 0.29) is 5.28 Å². The summed E-state index contributed by atoms with van der Waals surface area (Å²) in [6.07, 6.45) is 0.590. The fraction of sp³-hybridized carbons (Fsp3) is 0.111. The molecule has 1 saturated heterocycles. The summed E-state index contributed by atoms with van der Waals surface area (Å²) in [5, 5.41) is 6.94. The molecule has 1 fully saturated rings. The lowest BCUT2D eigenvalue weighted by molar-refractivity contribution is -0.00876. The number of fused-ring (bicyclic) bond motifs is 6. The molecule has 8 heteroatoms. The predicted molar refractivity (Wildman–Crippen MR) is 255 cm³/mol. The van der Waals surface area contributed by atoms with E-state index in [9.17, 15) is 0 Å². The van der Waals surface area contributed by atoms with Crippen molar-refractivity contribution in [1.82, 2.24) is 19.9 Å². The molecule has 1 aliphatic heterocycles. The maximum atomic E-state index is 7.04. The van der Waals surface area contributed by atoms with Crippen LogP contribution in [-0.2, 0) is 15.7 Å². The lowest BCUT2D eigenvalue weighted by Gasteiger charge is -2.36. The van der Waals surface area contributed by atoms with Gasteiger partial charge >= 0.3 is 7.12 Å². The first-order valence-corrected chi connectivity index (χ1v) is 21.3. The monoisotopic (exact) mass is 822 g/mol. The summed E-state index contributed by atoms with van der Waals surface area (Å²) in [4.78, 5) is 19.5. The number of rotatable bonds is 7. The maximum absolute atomic E-state index is 7.04. The first-order valence-electron chi connectivity index (χ1n) is 21.0. The Bertz CT molecular complexity index is 3280. The van der Waals surface area contributed by atoms with Gasteiger partial charge in [-0.15, -0.1) is 0 Å². The van der Waals surface area contributed by atoms with Gasteiger partial charge in [0.2, 0.25) is 5.28 Å². The predicted octanol–water partition coefficient (Wildman–Crippen LogP) is 12.7. The molecule has 0 N–H and O–H groups in total. The average molecular weight is 823 g/mol. The number of halogens is 1. The highest BCUT2D eigenvalue weighted by Gasteiger charge is 2.54. The Morgan fingerprint density at radius 1 is 0.484 bits per heavy atom. The number of hydrogen-bond acceptors (Lipinski definition) is 6. The van der Waals surface area contributed by atoms with Gasteiger partial charge in [0.25, 0.3) is 0 Å². The van der Waals surface area contributed by atoms with Crippen molar-refractivity contribution in [2.45, 2.75) is 38.4 Å². The first-order chi connectivity index (χ1) is 30.2. The lowest BCUT2D eigenvalue weighted by atomic mass is 9.77. The topological polar surface area (TPSA) is 70.0 Å². The van der Waals surface area contributed by atoms with Crippen LogP contribution in [0, 0.1) is 0 Å². The number of aromatic nitrogens is 4. The van der Waals surface area contributed by atoms with Crippen molar-refractivity contribution in [3.8, 4) is 45.0 Å². The van der Waals surface area contributed by atoms with E-state index in [0.29, 0.717) is 18.1 Å². The van der Waals surface area contributed by atoms with E-state index in [1.54, 1.807) is 0 Å². The molecule has 11 rings (SSSR count). The third-order valence-electron chi connectivity index (χ3n) is 12.6. The Hall–Kier alpha value is -6.77. The highest BCUT2D eigenvalue weighted by Crippen LogP contribution is 2.42. The van der Waals surface area contributed by atoms with Gasteiger partial charge in [-0.2, -0.15) is 9.97 Å². The van der Waals surface area contributed by atoms with Gasteiger partial charge in [-0.3, -0.25) is 0 Å². The van der Waals surface area contributed by atoms with E-state index in [2.05, 4.69) is 158 Å². The molecule has 0 aliphatic carbocycles. The molecule has 10 aromatic rings. The van der Waals surface area contributed by atoms with Crippen molar-refractivity contribution in [3.05, 3.63) is 187 Å². The van der Waals surface area contributed by atoms with Crippen molar-refractivity contribution in [1.29, 1.82) is 0 Å². The van der Waals surface area contributed by atoms with Crippen LogP contribution < -0.4 is 5.46 Å². The summed E-state index contributed by atoms with van der Waals surface area (Å²) in [6.45, 7) is 6.37. The minimum Gasteiger partial charge on any atom is -0.399 e. The number of benzene rings is 8. The molecule has 62 heavy (non-hydrogen) atoms. The van der Waals surface area contributed by atoms with Gasteiger partial charge in [0.15, 0.2) is 11.6 Å². The van der Waals surface area contributed by atoms with Crippen LogP contribution in [0.1, 0.15) is 26.3 Å². The summed E-state index contributed by atoms with van der Waals surface area (Å²) in [5.74, 6) is 1.02. The second-order valence-corrected chi connectivity index (χ2v) is 17.2. The molecule has 298 valence electrons. The summed E-state index contributed by atoms with van der Waals surface area (Å²) < 4.78 is 13.9. The van der Waals surface area contributed by atoms with Crippen LogP contribution >= 0.6 is 11.6 Å². The van der Waals surface area contributed by atoms with Gasteiger partial charge in [-0.25, -0.2) is 9.97 Å². The molecule has 1 atom stereocenters. The molecule has 0 bridgehead atoms. The SMILES string of the molecule is CC1(C)OB(c2cccc(-c3c4ccc5ccccc5c4nc4c3ccc3ccccc34)c2)OC1(C)Cc1cccc(-c2nc(Cl)nc(-c3ccccc3-c3ccccc3)n2)c1. The molecule has 0 spiro atoms. The fourth-order valence-electron chi connectivity index (χ4n) is 9.11. The van der Waals surface area contributed by atoms with E-state index in [1.165, 1.54) is 0 Å². The van der Waals surface area contributed by atoms with Crippen LogP contribution in [0.25, 0.3) is 88.4 Å². The second-order valence-electron chi connectivity index (χ2n) is 16.8. The van der Waals surface area contributed by atoms with Crippen LogP contribution in [0.15, 0.2) is 176 Å². The Morgan fingerprint density at radius 3 is 1.81 bits per heavy atom. The average Bonchev–Trinajstić information content (AvgIpc) is 3.55. The van der Waals surface area contributed by atoms with Crippen LogP contribution in [0.4, 0.5) is 0 Å². The molecule has 6 nitrogen and oxygen atoms in total. The lowest BCUT2D eigenvalue weighted by Crippen LogP contribution is -2.46. The molecule has 0 saturated carbocycles. The Kier molecular flexibility index (Phi) is 9.23. The van der Waals surface area contributed by atoms with Gasteiger partial charge in [0.1, 0.15) is 0 Å². The van der Waals surface area contributed by atoms with Gasteiger partial charge in [0, 0.05) is 44.7 Å². The van der Waals surface area contributed by atoms with Crippen molar-refractivity contribution >= 4 is 67.5 Å². The van der Waals surface area contributed by atoms with Crippen molar-refractivity contribution < 1.29 is 9.31 Å². The van der Waals surface area contributed by atoms with Gasteiger partial charge < -0.3 is 9.31 Å². The standard InChI is InChI=1S/C54H40BClN4O2/c1-53(2)54(3,33-34-15-13-21-39(31-34)50-58-51(60-52(56)59-50)44-26-12-11-23-41(44)35-16-5-4-6-17-35)62-55(61-53)40-22-14-20-38(32-40)47-45-29-27-36-18-7-9-24-42(36)48(45)57-49-43-25-10-8-19-37(43)28-30-46(47)49/h4-32H,33H2,1-3H3.